The normalized spacial score (nSPS) is 20.4. The van der Waals surface area contributed by atoms with Crippen molar-refractivity contribution in [2.24, 2.45) is 0 Å². The van der Waals surface area contributed by atoms with E-state index < -0.39 is 0 Å². The number of hydrogen-bond acceptors (Lipinski definition) is 2. The predicted octanol–water partition coefficient (Wildman–Crippen LogP) is 3.18. The van der Waals surface area contributed by atoms with Crippen molar-refractivity contribution in [3.8, 4) is 0 Å². The molecule has 4 nitrogen and oxygen atoms in total. The lowest BCUT2D eigenvalue weighted by molar-refractivity contribution is 0.0730. The first-order valence-electron chi connectivity index (χ1n) is 8.16. The molecule has 1 aromatic carbocycles. The Kier molecular flexibility index (Phi) is 3.25. The molecule has 0 radical (unpaired) electrons. The molecule has 1 saturated heterocycles. The molecule has 1 N–H and O–H groups in total. The highest BCUT2D eigenvalue weighted by atomic mass is 16.2. The number of rotatable bonds is 2. The van der Waals surface area contributed by atoms with E-state index >= 15 is 0 Å². The molecular weight excluding hydrogens is 274 g/mol. The lowest BCUT2D eigenvalue weighted by Gasteiger charge is -2.23. The third-order valence-corrected chi connectivity index (χ3v) is 4.90. The number of benzene rings is 1. The Hall–Kier alpha value is -2.10. The summed E-state index contributed by atoms with van der Waals surface area (Å²) in [5.74, 6) is 1.07. The standard InChI is InChI=1S/C18H21N3O/c1-12-11-19-17(20-12)16-6-3-9-21(16)18(22)15-8-7-13-4-2-5-14(13)10-15/h7-8,10-11,16H,2-6,9H2,1H3,(H,19,20)/t16-/m0/s1. The highest BCUT2D eigenvalue weighted by molar-refractivity contribution is 5.95. The molecule has 1 aliphatic carbocycles. The fourth-order valence-corrected chi connectivity index (χ4v) is 3.77. The summed E-state index contributed by atoms with van der Waals surface area (Å²) in [7, 11) is 0. The molecule has 0 spiro atoms. The largest absolute Gasteiger partial charge is 0.344 e. The summed E-state index contributed by atoms with van der Waals surface area (Å²) in [5.41, 5.74) is 4.65. The number of likely N-dealkylation sites (tertiary alicyclic amines) is 1. The number of fused-ring (bicyclic) bond motifs is 1. The number of imidazole rings is 1. The third-order valence-electron chi connectivity index (χ3n) is 4.90. The number of carbonyl (C=O) groups is 1. The van der Waals surface area contributed by atoms with Gasteiger partial charge in [0.25, 0.3) is 5.91 Å². The smallest absolute Gasteiger partial charge is 0.254 e. The zero-order valence-corrected chi connectivity index (χ0v) is 12.9. The molecule has 4 heteroatoms. The molecule has 2 heterocycles. The average molecular weight is 295 g/mol. The maximum atomic E-state index is 12.9. The summed E-state index contributed by atoms with van der Waals surface area (Å²) in [6, 6.07) is 6.33. The predicted molar refractivity (Wildman–Crippen MR) is 84.8 cm³/mol. The minimum atomic E-state index is 0.0921. The molecule has 1 aromatic heterocycles. The van der Waals surface area contributed by atoms with Crippen LogP contribution < -0.4 is 0 Å². The van der Waals surface area contributed by atoms with Crippen LogP contribution in [-0.4, -0.2) is 27.3 Å². The zero-order valence-electron chi connectivity index (χ0n) is 12.9. The Labute approximate surface area is 130 Å². The SMILES string of the molecule is Cc1cnc([C@@H]2CCCN2C(=O)c2ccc3c(c2)CCC3)[nH]1. The van der Waals surface area contributed by atoms with Gasteiger partial charge < -0.3 is 9.88 Å². The lowest BCUT2D eigenvalue weighted by Crippen LogP contribution is -2.31. The van der Waals surface area contributed by atoms with E-state index in [0.717, 1.165) is 49.3 Å². The van der Waals surface area contributed by atoms with Crippen molar-refractivity contribution in [3.63, 3.8) is 0 Å². The summed E-state index contributed by atoms with van der Waals surface area (Å²) < 4.78 is 0. The fraction of sp³-hybridized carbons (Fsp3) is 0.444. The second-order valence-corrected chi connectivity index (χ2v) is 6.45. The van der Waals surface area contributed by atoms with E-state index in [9.17, 15) is 4.79 Å². The highest BCUT2D eigenvalue weighted by Crippen LogP contribution is 2.32. The summed E-state index contributed by atoms with van der Waals surface area (Å²) in [6.45, 7) is 2.82. The van der Waals surface area contributed by atoms with Gasteiger partial charge in [-0.1, -0.05) is 6.07 Å². The van der Waals surface area contributed by atoms with Gasteiger partial charge in [-0.2, -0.15) is 0 Å². The molecule has 2 aromatic rings. The minimum absolute atomic E-state index is 0.0921. The number of aromatic amines is 1. The van der Waals surface area contributed by atoms with Crippen LogP contribution in [0.2, 0.25) is 0 Å². The first-order valence-corrected chi connectivity index (χ1v) is 8.16. The van der Waals surface area contributed by atoms with Gasteiger partial charge in [0.15, 0.2) is 0 Å². The van der Waals surface area contributed by atoms with Crippen molar-refractivity contribution in [2.75, 3.05) is 6.54 Å². The molecular formula is C18H21N3O. The topological polar surface area (TPSA) is 49.0 Å². The summed E-state index contributed by atoms with van der Waals surface area (Å²) in [6.07, 6.45) is 7.35. The van der Waals surface area contributed by atoms with E-state index in [2.05, 4.69) is 22.1 Å². The Morgan fingerprint density at radius 3 is 2.95 bits per heavy atom. The Morgan fingerprint density at radius 1 is 1.27 bits per heavy atom. The lowest BCUT2D eigenvalue weighted by atomic mass is 10.1. The number of nitrogens with zero attached hydrogens (tertiary/aromatic N) is 2. The van der Waals surface area contributed by atoms with Gasteiger partial charge in [-0.05, 0) is 62.3 Å². The number of H-pyrrole nitrogens is 1. The zero-order chi connectivity index (χ0) is 15.1. The van der Waals surface area contributed by atoms with E-state index in [0.29, 0.717) is 0 Å². The van der Waals surface area contributed by atoms with Crippen molar-refractivity contribution in [1.29, 1.82) is 0 Å². The quantitative estimate of drug-likeness (QED) is 0.925. The van der Waals surface area contributed by atoms with Gasteiger partial charge in [-0.3, -0.25) is 4.79 Å². The average Bonchev–Trinajstić information content (AvgIpc) is 3.25. The molecule has 2 aliphatic rings. The van der Waals surface area contributed by atoms with Crippen molar-refractivity contribution < 1.29 is 4.79 Å². The number of hydrogen-bond donors (Lipinski definition) is 1. The van der Waals surface area contributed by atoms with E-state index in [-0.39, 0.29) is 11.9 Å². The van der Waals surface area contributed by atoms with Crippen LogP contribution in [0.25, 0.3) is 0 Å². The molecule has 1 atom stereocenters. The van der Waals surface area contributed by atoms with Crippen LogP contribution in [0.1, 0.15) is 58.3 Å². The summed E-state index contributed by atoms with van der Waals surface area (Å²) in [5, 5.41) is 0. The van der Waals surface area contributed by atoms with Crippen molar-refractivity contribution in [1.82, 2.24) is 14.9 Å². The monoisotopic (exact) mass is 295 g/mol. The molecule has 1 aliphatic heterocycles. The number of aromatic nitrogens is 2. The summed E-state index contributed by atoms with van der Waals surface area (Å²) >= 11 is 0. The van der Waals surface area contributed by atoms with Gasteiger partial charge in [0.05, 0.1) is 6.04 Å². The van der Waals surface area contributed by atoms with Crippen LogP contribution >= 0.6 is 0 Å². The van der Waals surface area contributed by atoms with Gasteiger partial charge in [-0.25, -0.2) is 4.98 Å². The fourth-order valence-electron chi connectivity index (χ4n) is 3.77. The second kappa shape index (κ2) is 5.27. The maximum absolute atomic E-state index is 12.9. The highest BCUT2D eigenvalue weighted by Gasteiger charge is 2.32. The Morgan fingerprint density at radius 2 is 2.14 bits per heavy atom. The molecule has 0 saturated carbocycles. The van der Waals surface area contributed by atoms with Gasteiger partial charge in [0, 0.05) is 24.0 Å². The third kappa shape index (κ3) is 2.23. The minimum Gasteiger partial charge on any atom is -0.344 e. The number of aryl methyl sites for hydroxylation is 3. The second-order valence-electron chi connectivity index (χ2n) is 6.45. The molecule has 0 unspecified atom stereocenters. The molecule has 114 valence electrons. The first kappa shape index (κ1) is 13.6. The number of carbonyl (C=O) groups excluding carboxylic acids is 1. The van der Waals surface area contributed by atoms with Crippen LogP contribution in [0.15, 0.2) is 24.4 Å². The van der Waals surface area contributed by atoms with Gasteiger partial charge >= 0.3 is 0 Å². The van der Waals surface area contributed by atoms with E-state index in [1.165, 1.54) is 17.5 Å². The van der Waals surface area contributed by atoms with Crippen molar-refractivity contribution in [3.05, 3.63) is 52.6 Å². The molecule has 1 amide bonds. The van der Waals surface area contributed by atoms with Crippen molar-refractivity contribution in [2.45, 2.75) is 45.1 Å². The van der Waals surface area contributed by atoms with E-state index in [1.807, 2.05) is 24.1 Å². The van der Waals surface area contributed by atoms with E-state index in [4.69, 9.17) is 0 Å². The first-order chi connectivity index (χ1) is 10.7. The maximum Gasteiger partial charge on any atom is 0.254 e. The molecule has 4 rings (SSSR count). The Bertz CT molecular complexity index is 719. The van der Waals surface area contributed by atoms with Crippen LogP contribution in [-0.2, 0) is 12.8 Å². The molecule has 1 fully saturated rings. The van der Waals surface area contributed by atoms with E-state index in [1.54, 1.807) is 0 Å². The number of amides is 1. The van der Waals surface area contributed by atoms with Crippen molar-refractivity contribution >= 4 is 5.91 Å². The van der Waals surface area contributed by atoms with Gasteiger partial charge in [0.1, 0.15) is 5.82 Å². The van der Waals surface area contributed by atoms with Crippen LogP contribution in [0.5, 0.6) is 0 Å². The Balaban J connectivity index is 1.61. The van der Waals surface area contributed by atoms with Crippen LogP contribution in [0, 0.1) is 6.92 Å². The van der Waals surface area contributed by atoms with Crippen LogP contribution in [0.3, 0.4) is 0 Å². The number of nitrogens with one attached hydrogen (secondary N) is 1. The van der Waals surface area contributed by atoms with Crippen LogP contribution in [0.4, 0.5) is 0 Å². The molecule has 22 heavy (non-hydrogen) atoms. The summed E-state index contributed by atoms with van der Waals surface area (Å²) in [4.78, 5) is 22.6. The van der Waals surface area contributed by atoms with Gasteiger partial charge in [0.2, 0.25) is 0 Å². The van der Waals surface area contributed by atoms with Gasteiger partial charge in [-0.15, -0.1) is 0 Å². The molecule has 0 bridgehead atoms.